The van der Waals surface area contributed by atoms with E-state index in [2.05, 4.69) is 115 Å². The first-order chi connectivity index (χ1) is 15.3. The van der Waals surface area contributed by atoms with E-state index in [1.165, 1.54) is 22.2 Å². The maximum absolute atomic E-state index is 6.71. The predicted molar refractivity (Wildman–Crippen MR) is 129 cm³/mol. The van der Waals surface area contributed by atoms with Gasteiger partial charge < -0.3 is 8.98 Å². The zero-order valence-electron chi connectivity index (χ0n) is 17.2. The van der Waals surface area contributed by atoms with Gasteiger partial charge in [0.1, 0.15) is 11.5 Å². The van der Waals surface area contributed by atoms with E-state index in [1.54, 1.807) is 0 Å². The van der Waals surface area contributed by atoms with Crippen molar-refractivity contribution >= 4 is 21.7 Å². The van der Waals surface area contributed by atoms with Crippen molar-refractivity contribution in [2.24, 2.45) is 7.05 Å². The Morgan fingerprint density at radius 3 is 1.71 bits per heavy atom. The lowest BCUT2D eigenvalue weighted by atomic mass is 10.00. The van der Waals surface area contributed by atoms with Gasteiger partial charge in [-0.15, -0.1) is 0 Å². The summed E-state index contributed by atoms with van der Waals surface area (Å²) in [5.74, 6) is 1.84. The summed E-state index contributed by atoms with van der Waals surface area (Å²) in [6.07, 6.45) is 0. The third-order valence-corrected chi connectivity index (χ3v) is 6.04. The van der Waals surface area contributed by atoms with Gasteiger partial charge in [-0.3, -0.25) is 0 Å². The number of para-hydroxylation sites is 1. The van der Waals surface area contributed by atoms with Crippen molar-refractivity contribution in [1.82, 2.24) is 4.57 Å². The van der Waals surface area contributed by atoms with Crippen LogP contribution in [0.2, 0.25) is 0 Å². The van der Waals surface area contributed by atoms with Crippen LogP contribution in [0.5, 0.6) is 0 Å². The molecule has 0 aliphatic heterocycles. The molecule has 6 rings (SSSR count). The highest BCUT2D eigenvalue weighted by molar-refractivity contribution is 6.11. The van der Waals surface area contributed by atoms with Crippen LogP contribution in [-0.2, 0) is 7.05 Å². The molecule has 0 bridgehead atoms. The van der Waals surface area contributed by atoms with Crippen LogP contribution in [0.1, 0.15) is 0 Å². The minimum Gasteiger partial charge on any atom is -0.455 e. The molecule has 0 unspecified atom stereocenters. The van der Waals surface area contributed by atoms with Gasteiger partial charge in [-0.1, -0.05) is 103 Å². The van der Waals surface area contributed by atoms with Crippen molar-refractivity contribution in [1.29, 1.82) is 0 Å². The Morgan fingerprint density at radius 1 is 0.516 bits per heavy atom. The number of aryl methyl sites for hydroxylation is 1. The van der Waals surface area contributed by atoms with Crippen LogP contribution in [-0.4, -0.2) is 4.57 Å². The van der Waals surface area contributed by atoms with E-state index in [-0.39, 0.29) is 0 Å². The normalized spacial score (nSPS) is 11.4. The number of furan rings is 1. The molecule has 0 fully saturated rings. The van der Waals surface area contributed by atoms with Crippen molar-refractivity contribution in [3.63, 3.8) is 0 Å². The highest BCUT2D eigenvalue weighted by Crippen LogP contribution is 2.46. The van der Waals surface area contributed by atoms with Crippen LogP contribution in [0.25, 0.3) is 55.6 Å². The quantitative estimate of drug-likeness (QED) is 0.295. The zero-order valence-corrected chi connectivity index (χ0v) is 17.2. The predicted octanol–water partition coefficient (Wildman–Crippen LogP) is 7.93. The number of rotatable bonds is 3. The Kier molecular flexibility index (Phi) is 4.03. The Morgan fingerprint density at radius 2 is 1.03 bits per heavy atom. The molecule has 0 amide bonds. The summed E-state index contributed by atoms with van der Waals surface area (Å²) in [5, 5.41) is 3.47. The maximum atomic E-state index is 6.71. The lowest BCUT2D eigenvalue weighted by Crippen LogP contribution is -1.92. The third kappa shape index (κ3) is 2.72. The highest BCUT2D eigenvalue weighted by Gasteiger charge is 2.24. The minimum absolute atomic E-state index is 0.915. The molecular weight excluding hydrogens is 378 g/mol. The Balaban J connectivity index is 1.75. The number of benzene rings is 4. The molecule has 2 aromatic heterocycles. The van der Waals surface area contributed by atoms with Crippen LogP contribution in [0.3, 0.4) is 0 Å². The number of nitrogens with zero attached hydrogens (tertiary/aromatic N) is 1. The second-order valence-electron chi connectivity index (χ2n) is 7.84. The average Bonchev–Trinajstić information content (AvgIpc) is 3.36. The van der Waals surface area contributed by atoms with Crippen molar-refractivity contribution in [2.45, 2.75) is 0 Å². The highest BCUT2D eigenvalue weighted by atomic mass is 16.3. The molecule has 2 nitrogen and oxygen atoms in total. The molecule has 0 saturated carbocycles. The number of hydrogen-bond donors (Lipinski definition) is 0. The second-order valence-corrected chi connectivity index (χ2v) is 7.84. The zero-order chi connectivity index (χ0) is 20.8. The summed E-state index contributed by atoms with van der Waals surface area (Å²) in [6, 6.07) is 38.0. The molecule has 0 saturated heterocycles. The number of hydrogen-bond acceptors (Lipinski definition) is 1. The molecule has 4 aromatic carbocycles. The van der Waals surface area contributed by atoms with Gasteiger partial charge in [0.2, 0.25) is 0 Å². The average molecular weight is 399 g/mol. The van der Waals surface area contributed by atoms with E-state index in [0.29, 0.717) is 0 Å². The SMILES string of the molecule is Cn1c(-c2ccccc2)c(-c2oc(-c3ccccc3)c3ccccc23)c2ccccc21. The fraction of sp³-hybridized carbons (Fsp3) is 0.0345. The van der Waals surface area contributed by atoms with E-state index in [9.17, 15) is 0 Å². The van der Waals surface area contributed by atoms with E-state index >= 15 is 0 Å². The fourth-order valence-corrected chi connectivity index (χ4v) is 4.64. The number of fused-ring (bicyclic) bond motifs is 2. The molecule has 0 aliphatic carbocycles. The minimum atomic E-state index is 0.915. The molecule has 2 heterocycles. The van der Waals surface area contributed by atoms with Crippen molar-refractivity contribution in [3.05, 3.63) is 109 Å². The Hall–Kier alpha value is -4.04. The van der Waals surface area contributed by atoms with Gasteiger partial charge in [-0.2, -0.15) is 0 Å². The van der Waals surface area contributed by atoms with Crippen LogP contribution >= 0.6 is 0 Å². The van der Waals surface area contributed by atoms with E-state index in [1.807, 2.05) is 6.07 Å². The van der Waals surface area contributed by atoms with Gasteiger partial charge in [-0.25, -0.2) is 0 Å². The molecule has 2 heteroatoms. The molecule has 148 valence electrons. The topological polar surface area (TPSA) is 18.1 Å². The van der Waals surface area contributed by atoms with Crippen LogP contribution < -0.4 is 0 Å². The summed E-state index contributed by atoms with van der Waals surface area (Å²) in [6.45, 7) is 0. The molecule has 6 aromatic rings. The molecule has 0 atom stereocenters. The maximum Gasteiger partial charge on any atom is 0.145 e. The largest absolute Gasteiger partial charge is 0.455 e. The molecule has 0 aliphatic rings. The van der Waals surface area contributed by atoms with E-state index in [4.69, 9.17) is 4.42 Å². The molecular formula is C29H21NO. The number of aromatic nitrogens is 1. The van der Waals surface area contributed by atoms with E-state index < -0.39 is 0 Å². The van der Waals surface area contributed by atoms with Crippen LogP contribution in [0.4, 0.5) is 0 Å². The van der Waals surface area contributed by atoms with Gasteiger partial charge in [-0.05, 0) is 11.6 Å². The standard InChI is InChI=1S/C29H21NO/c1-30-25-19-11-10-18-24(25)26(27(30)20-12-4-2-5-13-20)29-23-17-9-8-16-22(23)28(31-29)21-14-6-3-7-15-21/h2-19H,1H3. The van der Waals surface area contributed by atoms with Gasteiger partial charge in [0.05, 0.1) is 11.3 Å². The van der Waals surface area contributed by atoms with E-state index in [0.717, 1.165) is 33.4 Å². The summed E-state index contributed by atoms with van der Waals surface area (Å²) in [5.41, 5.74) is 5.77. The first-order valence-electron chi connectivity index (χ1n) is 10.5. The fourth-order valence-electron chi connectivity index (χ4n) is 4.64. The van der Waals surface area contributed by atoms with Crippen molar-refractivity contribution in [2.75, 3.05) is 0 Å². The summed E-state index contributed by atoms with van der Waals surface area (Å²) in [7, 11) is 2.14. The van der Waals surface area contributed by atoms with Crippen molar-refractivity contribution < 1.29 is 4.42 Å². The van der Waals surface area contributed by atoms with Crippen molar-refractivity contribution in [3.8, 4) is 33.9 Å². The lowest BCUT2D eigenvalue weighted by molar-refractivity contribution is 0.602. The third-order valence-electron chi connectivity index (χ3n) is 6.04. The molecule has 31 heavy (non-hydrogen) atoms. The molecule has 0 N–H and O–H groups in total. The lowest BCUT2D eigenvalue weighted by Gasteiger charge is -2.07. The summed E-state index contributed by atoms with van der Waals surface area (Å²) >= 11 is 0. The van der Waals surface area contributed by atoms with Gasteiger partial charge in [0, 0.05) is 34.3 Å². The summed E-state index contributed by atoms with van der Waals surface area (Å²) < 4.78 is 8.98. The Labute approximate surface area is 181 Å². The second kappa shape index (κ2) is 7.03. The van der Waals surface area contributed by atoms with Gasteiger partial charge in [0.15, 0.2) is 0 Å². The Bertz CT molecular complexity index is 1520. The van der Waals surface area contributed by atoms with Gasteiger partial charge >= 0.3 is 0 Å². The molecule has 0 spiro atoms. The smallest absolute Gasteiger partial charge is 0.145 e. The monoisotopic (exact) mass is 399 g/mol. The van der Waals surface area contributed by atoms with Gasteiger partial charge in [0.25, 0.3) is 0 Å². The molecule has 0 radical (unpaired) electrons. The summed E-state index contributed by atoms with van der Waals surface area (Å²) in [4.78, 5) is 0. The first-order valence-corrected chi connectivity index (χ1v) is 10.5. The van der Waals surface area contributed by atoms with Crippen LogP contribution in [0, 0.1) is 0 Å². The first kappa shape index (κ1) is 17.8. The van der Waals surface area contributed by atoms with Crippen LogP contribution in [0.15, 0.2) is 114 Å².